The standard InChI is InChI=1S/C34H21Cl8F4O9P/c35-18-1-5-22(39)27(43)14(18)10-50-32-31(54-34(48)33(32)51-11-15-19(36)2-6-23(40)28(15)44)26(9-47)55-56(49,52-12-16-20(37)3-7-24(41)29(16)45)53-13-17-21(38)4-8-25(42)30(17)46/h1-8,26,31,47H,9-13H2/t26-,31+/m0/s1. The van der Waals surface area contributed by atoms with Gasteiger partial charge in [-0.25, -0.2) is 26.9 Å². The molecule has 0 spiro atoms. The van der Waals surface area contributed by atoms with Gasteiger partial charge in [-0.1, -0.05) is 92.8 Å². The van der Waals surface area contributed by atoms with Gasteiger partial charge in [-0.2, -0.15) is 0 Å². The van der Waals surface area contributed by atoms with Gasteiger partial charge in [0.15, 0.2) is 11.9 Å². The fraction of sp³-hybridized carbons (Fsp3) is 0.206. The zero-order chi connectivity index (χ0) is 41.1. The first kappa shape index (κ1) is 44.9. The summed E-state index contributed by atoms with van der Waals surface area (Å²) in [5.41, 5.74) is -1.45. The van der Waals surface area contributed by atoms with Crippen molar-refractivity contribution in [2.45, 2.75) is 38.6 Å². The Morgan fingerprint density at radius 1 is 0.589 bits per heavy atom. The molecule has 0 fully saturated rings. The molecule has 5 rings (SSSR count). The number of phosphoric acid groups is 1. The van der Waals surface area contributed by atoms with E-state index >= 15 is 4.39 Å². The molecule has 0 amide bonds. The lowest BCUT2D eigenvalue weighted by Gasteiger charge is -2.27. The Balaban J connectivity index is 1.53. The third kappa shape index (κ3) is 10.1. The first-order chi connectivity index (χ1) is 26.5. The molecule has 1 aliphatic rings. The predicted molar refractivity (Wildman–Crippen MR) is 201 cm³/mol. The minimum atomic E-state index is -5.22. The van der Waals surface area contributed by atoms with E-state index in [0.717, 1.165) is 12.1 Å². The molecule has 22 heteroatoms. The second-order valence-corrected chi connectivity index (χ2v) is 16.1. The van der Waals surface area contributed by atoms with Crippen molar-refractivity contribution in [2.24, 2.45) is 0 Å². The summed E-state index contributed by atoms with van der Waals surface area (Å²) in [6.45, 7) is -4.61. The third-order valence-corrected chi connectivity index (χ3v) is 11.7. The van der Waals surface area contributed by atoms with Crippen molar-refractivity contribution in [3.63, 3.8) is 0 Å². The van der Waals surface area contributed by atoms with Gasteiger partial charge in [-0.15, -0.1) is 0 Å². The van der Waals surface area contributed by atoms with Gasteiger partial charge >= 0.3 is 13.8 Å². The summed E-state index contributed by atoms with van der Waals surface area (Å²) in [5.74, 6) is -6.84. The van der Waals surface area contributed by atoms with Gasteiger partial charge in [0.2, 0.25) is 5.76 Å². The quantitative estimate of drug-likeness (QED) is 0.0508. The van der Waals surface area contributed by atoms with Crippen LogP contribution in [0.4, 0.5) is 17.6 Å². The Kier molecular flexibility index (Phi) is 15.4. The maximum atomic E-state index is 15.0. The Morgan fingerprint density at radius 2 is 0.929 bits per heavy atom. The highest BCUT2D eigenvalue weighted by atomic mass is 35.5. The van der Waals surface area contributed by atoms with E-state index < -0.39 is 115 Å². The van der Waals surface area contributed by atoms with E-state index in [1.54, 1.807) is 0 Å². The van der Waals surface area contributed by atoms with Crippen LogP contribution in [0.1, 0.15) is 22.3 Å². The largest absolute Gasteiger partial charge is 0.485 e. The lowest BCUT2D eigenvalue weighted by Crippen LogP contribution is -2.35. The highest BCUT2D eigenvalue weighted by molar-refractivity contribution is 7.48. The number of esters is 1. The van der Waals surface area contributed by atoms with E-state index in [2.05, 4.69) is 0 Å². The summed E-state index contributed by atoms with van der Waals surface area (Å²) in [7, 11) is -5.22. The highest BCUT2D eigenvalue weighted by Crippen LogP contribution is 2.54. The Hall–Kier alpha value is -2.20. The molecule has 4 aromatic rings. The summed E-state index contributed by atoms with van der Waals surface area (Å²) in [4.78, 5) is 13.3. The van der Waals surface area contributed by atoms with Gasteiger partial charge in [0, 0.05) is 32.3 Å². The van der Waals surface area contributed by atoms with Crippen molar-refractivity contribution in [3.05, 3.63) is 146 Å². The van der Waals surface area contributed by atoms with Gasteiger partial charge in [0.1, 0.15) is 42.6 Å². The molecule has 0 aliphatic carbocycles. The Labute approximate surface area is 355 Å². The molecule has 0 aromatic heterocycles. The average molecular weight is 964 g/mol. The maximum Gasteiger partial charge on any atom is 0.475 e. The number of carbonyl (C=O) groups excluding carboxylic acids is 1. The van der Waals surface area contributed by atoms with Crippen molar-refractivity contribution in [1.29, 1.82) is 0 Å². The van der Waals surface area contributed by atoms with Gasteiger partial charge in [0.05, 0.1) is 50.0 Å². The molecule has 1 aliphatic heterocycles. The fourth-order valence-electron chi connectivity index (χ4n) is 4.81. The zero-order valence-electron chi connectivity index (χ0n) is 27.5. The number of phosphoric ester groups is 1. The van der Waals surface area contributed by atoms with Crippen LogP contribution in [0.3, 0.4) is 0 Å². The molecule has 56 heavy (non-hydrogen) atoms. The summed E-state index contributed by atoms with van der Waals surface area (Å²) in [6.07, 6.45) is -3.92. The molecule has 9 nitrogen and oxygen atoms in total. The van der Waals surface area contributed by atoms with E-state index in [4.69, 9.17) is 121 Å². The van der Waals surface area contributed by atoms with Crippen molar-refractivity contribution < 1.29 is 59.8 Å². The summed E-state index contributed by atoms with van der Waals surface area (Å²) >= 11 is 48.1. The highest BCUT2D eigenvalue weighted by Gasteiger charge is 2.47. The van der Waals surface area contributed by atoms with Crippen molar-refractivity contribution in [2.75, 3.05) is 6.61 Å². The van der Waals surface area contributed by atoms with Crippen LogP contribution < -0.4 is 0 Å². The van der Waals surface area contributed by atoms with Gasteiger partial charge in [0.25, 0.3) is 0 Å². The SMILES string of the molecule is O=C1O[C@H]([C@H](CO)OP(=O)(OCc2c(Cl)ccc(Cl)c2F)OCc2c(Cl)ccc(Cl)c2F)C(OCc2c(Cl)ccc(Cl)c2F)=C1OCc1c(Cl)ccc(Cl)c1F. The van der Waals surface area contributed by atoms with Crippen molar-refractivity contribution >= 4 is 107 Å². The van der Waals surface area contributed by atoms with Gasteiger partial charge < -0.3 is 19.3 Å². The summed E-state index contributed by atoms with van der Waals surface area (Å²) in [5, 5.41) is 8.31. The predicted octanol–water partition coefficient (Wildman–Crippen LogP) is 12.3. The first-order valence-electron chi connectivity index (χ1n) is 15.3. The van der Waals surface area contributed by atoms with Crippen LogP contribution in [0.5, 0.6) is 0 Å². The minimum Gasteiger partial charge on any atom is -0.485 e. The maximum absolute atomic E-state index is 15.0. The van der Waals surface area contributed by atoms with Crippen LogP contribution in [0.2, 0.25) is 40.2 Å². The number of hydrogen-bond acceptors (Lipinski definition) is 9. The fourth-order valence-corrected chi connectivity index (χ4v) is 7.60. The molecule has 300 valence electrons. The van der Waals surface area contributed by atoms with Crippen molar-refractivity contribution in [1.82, 2.24) is 0 Å². The average Bonchev–Trinajstić information content (AvgIpc) is 3.47. The lowest BCUT2D eigenvalue weighted by atomic mass is 10.1. The van der Waals surface area contributed by atoms with E-state index in [-0.39, 0.29) is 41.3 Å². The second-order valence-electron chi connectivity index (χ2n) is 11.2. The molecule has 0 unspecified atom stereocenters. The van der Waals surface area contributed by atoms with Gasteiger partial charge in [-0.05, 0) is 48.5 Å². The van der Waals surface area contributed by atoms with E-state index in [1.807, 2.05) is 0 Å². The molecule has 0 radical (unpaired) electrons. The second kappa shape index (κ2) is 19.2. The molecule has 0 saturated carbocycles. The smallest absolute Gasteiger partial charge is 0.475 e. The summed E-state index contributed by atoms with van der Waals surface area (Å²) < 4.78 is 107. The number of benzene rings is 4. The molecular weight excluding hydrogens is 943 g/mol. The normalized spacial score (nSPS) is 15.0. The van der Waals surface area contributed by atoms with Gasteiger partial charge in [-0.3, -0.25) is 13.6 Å². The number of halogens is 12. The number of carbonyl (C=O) groups is 1. The molecular formula is C34H21Cl8F4O9P. The molecule has 0 bridgehead atoms. The molecule has 1 N–H and O–H groups in total. The summed E-state index contributed by atoms with van der Waals surface area (Å²) in [6, 6.07) is 9.56. The van der Waals surface area contributed by atoms with E-state index in [1.165, 1.54) is 36.4 Å². The molecule has 2 atom stereocenters. The minimum absolute atomic E-state index is 0.148. The van der Waals surface area contributed by atoms with Crippen molar-refractivity contribution in [3.8, 4) is 0 Å². The topological polar surface area (TPSA) is 110 Å². The van der Waals surface area contributed by atoms with Crippen LogP contribution in [-0.4, -0.2) is 29.9 Å². The molecule has 4 aromatic carbocycles. The van der Waals surface area contributed by atoms with Crippen LogP contribution in [0, 0.1) is 23.3 Å². The van der Waals surface area contributed by atoms with Crippen LogP contribution in [0.25, 0.3) is 0 Å². The third-order valence-electron chi connectivity index (χ3n) is 7.71. The first-order valence-corrected chi connectivity index (χ1v) is 19.8. The number of ether oxygens (including phenoxy) is 3. The van der Waals surface area contributed by atoms with Crippen LogP contribution >= 0.6 is 101 Å². The zero-order valence-corrected chi connectivity index (χ0v) is 34.4. The molecule has 0 saturated heterocycles. The number of cyclic esters (lactones) is 1. The monoisotopic (exact) mass is 960 g/mol. The molecule has 1 heterocycles. The number of aliphatic hydroxyl groups excluding tert-OH is 1. The Morgan fingerprint density at radius 3 is 1.30 bits per heavy atom. The lowest BCUT2D eigenvalue weighted by molar-refractivity contribution is -0.148. The number of hydrogen-bond donors (Lipinski definition) is 1. The Bertz CT molecular complexity index is 2190. The number of aliphatic hydroxyl groups is 1. The van der Waals surface area contributed by atoms with Crippen LogP contribution in [0.15, 0.2) is 60.0 Å². The van der Waals surface area contributed by atoms with E-state index in [0.29, 0.717) is 0 Å². The van der Waals surface area contributed by atoms with E-state index in [9.17, 15) is 27.6 Å². The van der Waals surface area contributed by atoms with Crippen LogP contribution in [-0.2, 0) is 63.6 Å². The number of rotatable bonds is 16.